The van der Waals surface area contributed by atoms with Gasteiger partial charge in [-0.3, -0.25) is 9.59 Å². The molecule has 1 saturated heterocycles. The van der Waals surface area contributed by atoms with Crippen molar-refractivity contribution in [1.82, 2.24) is 10.2 Å². The Kier molecular flexibility index (Phi) is 7.06. The quantitative estimate of drug-likeness (QED) is 0.771. The molecule has 1 heterocycles. The number of hydrogen-bond donors (Lipinski definition) is 1. The van der Waals surface area contributed by atoms with Gasteiger partial charge in [-0.05, 0) is 43.5 Å². The van der Waals surface area contributed by atoms with Gasteiger partial charge in [0.25, 0.3) is 5.91 Å². The minimum absolute atomic E-state index is 0.00698. The minimum atomic E-state index is -0.00698. The number of nitrogens with zero attached hydrogens (tertiary/aromatic N) is 1. The number of methoxy groups -OCH3 is 2. The van der Waals surface area contributed by atoms with Crippen LogP contribution in [0.15, 0.2) is 24.3 Å². The molecule has 24 heavy (non-hydrogen) atoms. The van der Waals surface area contributed by atoms with Crippen molar-refractivity contribution in [3.63, 3.8) is 0 Å². The van der Waals surface area contributed by atoms with Gasteiger partial charge in [0, 0.05) is 44.8 Å². The summed E-state index contributed by atoms with van der Waals surface area (Å²) >= 11 is 0. The van der Waals surface area contributed by atoms with Gasteiger partial charge >= 0.3 is 0 Å². The number of carbonyl (C=O) groups excluding carboxylic acids is 2. The molecule has 0 unspecified atom stereocenters. The van der Waals surface area contributed by atoms with Crippen molar-refractivity contribution in [2.75, 3.05) is 40.5 Å². The molecular weight excluding hydrogens is 308 g/mol. The van der Waals surface area contributed by atoms with Crippen LogP contribution in [0, 0.1) is 5.92 Å². The van der Waals surface area contributed by atoms with E-state index in [-0.39, 0.29) is 17.7 Å². The van der Waals surface area contributed by atoms with Crippen LogP contribution in [-0.2, 0) is 9.53 Å². The molecule has 6 nitrogen and oxygen atoms in total. The van der Waals surface area contributed by atoms with Crippen LogP contribution in [0.4, 0.5) is 0 Å². The fourth-order valence-corrected chi connectivity index (χ4v) is 2.83. The Morgan fingerprint density at radius 1 is 1.17 bits per heavy atom. The largest absolute Gasteiger partial charge is 0.497 e. The fraction of sp³-hybridized carbons (Fsp3) is 0.556. The number of piperidine rings is 1. The van der Waals surface area contributed by atoms with Crippen LogP contribution in [0.2, 0.25) is 0 Å². The average molecular weight is 334 g/mol. The molecule has 132 valence electrons. The van der Waals surface area contributed by atoms with Crippen LogP contribution < -0.4 is 10.1 Å². The Hall–Kier alpha value is -2.08. The van der Waals surface area contributed by atoms with Crippen molar-refractivity contribution >= 4 is 11.8 Å². The number of rotatable bonds is 7. The number of benzene rings is 1. The third kappa shape index (κ3) is 4.96. The molecule has 1 aromatic rings. The van der Waals surface area contributed by atoms with E-state index in [2.05, 4.69) is 5.32 Å². The average Bonchev–Trinajstić information content (AvgIpc) is 2.64. The number of nitrogens with one attached hydrogen (secondary N) is 1. The summed E-state index contributed by atoms with van der Waals surface area (Å²) < 4.78 is 10.1. The van der Waals surface area contributed by atoms with Crippen LogP contribution in [0.25, 0.3) is 0 Å². The first-order chi connectivity index (χ1) is 11.7. The Morgan fingerprint density at radius 2 is 1.83 bits per heavy atom. The van der Waals surface area contributed by atoms with E-state index in [1.807, 2.05) is 4.90 Å². The summed E-state index contributed by atoms with van der Waals surface area (Å²) in [5, 5.41) is 2.94. The summed E-state index contributed by atoms with van der Waals surface area (Å²) in [7, 11) is 3.25. The highest BCUT2D eigenvalue weighted by atomic mass is 16.5. The molecule has 0 aliphatic carbocycles. The monoisotopic (exact) mass is 334 g/mol. The summed E-state index contributed by atoms with van der Waals surface area (Å²) in [6.45, 7) is 2.51. The second-order valence-electron chi connectivity index (χ2n) is 5.93. The zero-order valence-electron chi connectivity index (χ0n) is 14.4. The summed E-state index contributed by atoms with van der Waals surface area (Å²) in [6, 6.07) is 7.12. The molecule has 2 amide bonds. The molecule has 6 heteroatoms. The van der Waals surface area contributed by atoms with Crippen molar-refractivity contribution in [3.05, 3.63) is 29.8 Å². The lowest BCUT2D eigenvalue weighted by Gasteiger charge is -2.31. The van der Waals surface area contributed by atoms with Crippen LogP contribution in [-0.4, -0.2) is 57.2 Å². The highest BCUT2D eigenvalue weighted by molar-refractivity contribution is 5.94. The van der Waals surface area contributed by atoms with Crippen LogP contribution >= 0.6 is 0 Å². The van der Waals surface area contributed by atoms with Gasteiger partial charge in [0.05, 0.1) is 7.11 Å². The fourth-order valence-electron chi connectivity index (χ4n) is 2.83. The third-order valence-corrected chi connectivity index (χ3v) is 4.31. The summed E-state index contributed by atoms with van der Waals surface area (Å²) in [5.74, 6) is 0.821. The number of likely N-dealkylation sites (tertiary alicyclic amines) is 1. The van der Waals surface area contributed by atoms with Crippen molar-refractivity contribution in [2.24, 2.45) is 5.92 Å². The van der Waals surface area contributed by atoms with Gasteiger partial charge < -0.3 is 19.7 Å². The SMILES string of the molecule is COCCCNC(=O)C1CCN(C(=O)c2ccc(OC)cc2)CC1. The van der Waals surface area contributed by atoms with Gasteiger partial charge in [0.2, 0.25) is 5.91 Å². The zero-order chi connectivity index (χ0) is 17.4. The van der Waals surface area contributed by atoms with E-state index in [4.69, 9.17) is 9.47 Å². The number of amides is 2. The minimum Gasteiger partial charge on any atom is -0.497 e. The van der Waals surface area contributed by atoms with Gasteiger partial charge in [-0.25, -0.2) is 0 Å². The van der Waals surface area contributed by atoms with E-state index in [1.165, 1.54) is 0 Å². The second-order valence-corrected chi connectivity index (χ2v) is 5.93. The van der Waals surface area contributed by atoms with Crippen LogP contribution in [0.1, 0.15) is 29.6 Å². The zero-order valence-corrected chi connectivity index (χ0v) is 14.4. The lowest BCUT2D eigenvalue weighted by Crippen LogP contribution is -2.43. The molecule has 0 spiro atoms. The third-order valence-electron chi connectivity index (χ3n) is 4.31. The Morgan fingerprint density at radius 3 is 2.42 bits per heavy atom. The maximum Gasteiger partial charge on any atom is 0.253 e. The molecule has 1 aliphatic rings. The number of ether oxygens (including phenoxy) is 2. The molecule has 2 rings (SSSR count). The van der Waals surface area contributed by atoms with Gasteiger partial charge in [0.15, 0.2) is 0 Å². The van der Waals surface area contributed by atoms with Gasteiger partial charge in [-0.2, -0.15) is 0 Å². The smallest absolute Gasteiger partial charge is 0.253 e. The summed E-state index contributed by atoms with van der Waals surface area (Å²) in [6.07, 6.45) is 2.23. The van der Waals surface area contributed by atoms with Crippen LogP contribution in [0.3, 0.4) is 0 Å². The lowest BCUT2D eigenvalue weighted by molar-refractivity contribution is -0.126. The summed E-state index contributed by atoms with van der Waals surface area (Å²) in [4.78, 5) is 26.4. The van der Waals surface area contributed by atoms with E-state index < -0.39 is 0 Å². The predicted octanol–water partition coefficient (Wildman–Crippen LogP) is 1.70. The maximum atomic E-state index is 12.5. The maximum absolute atomic E-state index is 12.5. The van der Waals surface area contributed by atoms with Gasteiger partial charge in [-0.1, -0.05) is 0 Å². The molecule has 0 bridgehead atoms. The van der Waals surface area contributed by atoms with Crippen molar-refractivity contribution in [3.8, 4) is 5.75 Å². The first-order valence-corrected chi connectivity index (χ1v) is 8.35. The lowest BCUT2D eigenvalue weighted by atomic mass is 9.95. The molecule has 0 atom stereocenters. The molecular formula is C18H26N2O4. The normalized spacial score (nSPS) is 15.2. The van der Waals surface area contributed by atoms with Crippen molar-refractivity contribution in [1.29, 1.82) is 0 Å². The van der Waals surface area contributed by atoms with Gasteiger partial charge in [-0.15, -0.1) is 0 Å². The van der Waals surface area contributed by atoms with Crippen molar-refractivity contribution < 1.29 is 19.1 Å². The van der Waals surface area contributed by atoms with Gasteiger partial charge in [0.1, 0.15) is 5.75 Å². The van der Waals surface area contributed by atoms with E-state index in [9.17, 15) is 9.59 Å². The molecule has 0 saturated carbocycles. The Balaban J connectivity index is 1.78. The van der Waals surface area contributed by atoms with E-state index in [1.54, 1.807) is 38.5 Å². The van der Waals surface area contributed by atoms with E-state index >= 15 is 0 Å². The highest BCUT2D eigenvalue weighted by Gasteiger charge is 2.27. The molecule has 0 radical (unpaired) electrons. The molecule has 0 aromatic heterocycles. The second kappa shape index (κ2) is 9.27. The van der Waals surface area contributed by atoms with E-state index in [0.29, 0.717) is 44.6 Å². The van der Waals surface area contributed by atoms with Crippen LogP contribution in [0.5, 0.6) is 5.75 Å². The Labute approximate surface area is 143 Å². The standard InChI is InChI=1S/C18H26N2O4/c1-23-13-3-10-19-17(21)14-8-11-20(12-9-14)18(22)15-4-6-16(24-2)7-5-15/h4-7,14H,3,8-13H2,1-2H3,(H,19,21). The highest BCUT2D eigenvalue weighted by Crippen LogP contribution is 2.20. The molecule has 1 N–H and O–H groups in total. The molecule has 1 fully saturated rings. The Bertz CT molecular complexity index is 536. The number of hydrogen-bond acceptors (Lipinski definition) is 4. The van der Waals surface area contributed by atoms with E-state index in [0.717, 1.165) is 12.2 Å². The summed E-state index contributed by atoms with van der Waals surface area (Å²) in [5.41, 5.74) is 0.651. The number of carbonyl (C=O) groups is 2. The topological polar surface area (TPSA) is 67.9 Å². The van der Waals surface area contributed by atoms with Crippen molar-refractivity contribution in [2.45, 2.75) is 19.3 Å². The predicted molar refractivity (Wildman–Crippen MR) is 91.1 cm³/mol. The molecule has 1 aliphatic heterocycles. The first-order valence-electron chi connectivity index (χ1n) is 8.35. The first kappa shape index (κ1) is 18.3. The molecule has 1 aromatic carbocycles.